The fourth-order valence-electron chi connectivity index (χ4n) is 1.93. The molecule has 2 aromatic rings. The fourth-order valence-corrected chi connectivity index (χ4v) is 2.49. The molecule has 0 saturated heterocycles. The number of rotatable bonds is 3. The first-order valence-corrected chi connectivity index (χ1v) is 7.03. The van der Waals surface area contributed by atoms with Crippen LogP contribution in [0.2, 0.25) is 0 Å². The summed E-state index contributed by atoms with van der Waals surface area (Å²) in [6, 6.07) is 2.30. The van der Waals surface area contributed by atoms with Crippen molar-refractivity contribution in [3.8, 4) is 0 Å². The van der Waals surface area contributed by atoms with Gasteiger partial charge in [-0.2, -0.15) is 8.42 Å². The lowest BCUT2D eigenvalue weighted by Gasteiger charge is -2.07. The Bertz CT molecular complexity index is 847. The summed E-state index contributed by atoms with van der Waals surface area (Å²) in [5, 5.41) is 0.0261. The zero-order valence-electron chi connectivity index (χ0n) is 10.1. The molecule has 1 aromatic carbocycles. The first kappa shape index (κ1) is 13.5. The van der Waals surface area contributed by atoms with E-state index in [-0.39, 0.29) is 10.3 Å². The number of nitrogens with one attached hydrogen (secondary N) is 2. The number of hydrogen-bond acceptors (Lipinski definition) is 4. The lowest BCUT2D eigenvalue weighted by atomic mass is 10.1. The predicted molar refractivity (Wildman–Crippen MR) is 69.0 cm³/mol. The van der Waals surface area contributed by atoms with Gasteiger partial charge in [0.1, 0.15) is 0 Å². The molecule has 19 heavy (non-hydrogen) atoms. The van der Waals surface area contributed by atoms with Gasteiger partial charge in [-0.3, -0.25) is 14.3 Å². The number of H-pyrrole nitrogens is 2. The second-order valence-electron chi connectivity index (χ2n) is 4.14. The van der Waals surface area contributed by atoms with Crippen LogP contribution in [0, 0.1) is 0 Å². The van der Waals surface area contributed by atoms with Crippen LogP contribution in [0.25, 0.3) is 10.9 Å². The molecule has 0 aliphatic carbocycles. The first-order chi connectivity index (χ1) is 8.82. The number of aromatic amines is 2. The molecule has 102 valence electrons. The van der Waals surface area contributed by atoms with E-state index in [1.807, 2.05) is 11.9 Å². The van der Waals surface area contributed by atoms with Crippen LogP contribution in [0.3, 0.4) is 0 Å². The van der Waals surface area contributed by atoms with Gasteiger partial charge >= 0.3 is 5.69 Å². The molecule has 2 rings (SSSR count). The Morgan fingerprint density at radius 3 is 2.47 bits per heavy atom. The third-order valence-corrected chi connectivity index (χ3v) is 3.55. The van der Waals surface area contributed by atoms with Crippen molar-refractivity contribution in [1.29, 1.82) is 0 Å². The van der Waals surface area contributed by atoms with Crippen molar-refractivity contribution in [3.63, 3.8) is 0 Å². The second kappa shape index (κ2) is 4.63. The Labute approximate surface area is 108 Å². The number of hydrogen-bond donors (Lipinski definition) is 3. The van der Waals surface area contributed by atoms with Crippen LogP contribution in [0.15, 0.2) is 26.6 Å². The fraction of sp³-hybridized carbons (Fsp3) is 0.273. The molecular weight excluding hydrogens is 272 g/mol. The van der Waals surface area contributed by atoms with Gasteiger partial charge in [-0.05, 0) is 24.1 Å². The largest absolute Gasteiger partial charge is 0.326 e. The van der Waals surface area contributed by atoms with Gasteiger partial charge < -0.3 is 4.98 Å². The standard InChI is InChI=1S/C11H12N2O5S/c1-2-3-6-4-7(19(16,17)18)5-8-9(6)12-11(15)13-10(8)14/h4-5H,2-3H2,1H3,(H,16,17,18)(H2,12,13,14,15). The van der Waals surface area contributed by atoms with E-state index in [0.717, 1.165) is 6.07 Å². The van der Waals surface area contributed by atoms with Crippen LogP contribution in [-0.2, 0) is 16.5 Å². The zero-order chi connectivity index (χ0) is 14.2. The third kappa shape index (κ3) is 2.59. The Balaban J connectivity index is 2.96. The summed E-state index contributed by atoms with van der Waals surface area (Å²) in [5.74, 6) is 0. The van der Waals surface area contributed by atoms with Gasteiger partial charge in [-0.25, -0.2) is 4.79 Å². The average Bonchev–Trinajstić information content (AvgIpc) is 2.28. The summed E-state index contributed by atoms with van der Waals surface area (Å²) < 4.78 is 31.4. The third-order valence-electron chi connectivity index (χ3n) is 2.72. The van der Waals surface area contributed by atoms with Gasteiger partial charge in [0, 0.05) is 0 Å². The summed E-state index contributed by atoms with van der Waals surface area (Å²) in [4.78, 5) is 27.1. The Hall–Kier alpha value is -1.93. The van der Waals surface area contributed by atoms with E-state index in [1.54, 1.807) is 0 Å². The van der Waals surface area contributed by atoms with E-state index in [9.17, 15) is 18.0 Å². The van der Waals surface area contributed by atoms with Gasteiger partial charge in [0.05, 0.1) is 15.8 Å². The molecule has 0 saturated carbocycles. The van der Waals surface area contributed by atoms with E-state index >= 15 is 0 Å². The number of aromatic nitrogens is 2. The summed E-state index contributed by atoms with van der Waals surface area (Å²) in [7, 11) is -4.41. The molecule has 0 atom stereocenters. The Morgan fingerprint density at radius 1 is 1.21 bits per heavy atom. The second-order valence-corrected chi connectivity index (χ2v) is 5.56. The van der Waals surface area contributed by atoms with Gasteiger partial charge in [0.2, 0.25) is 0 Å². The van der Waals surface area contributed by atoms with Crippen LogP contribution in [0.1, 0.15) is 18.9 Å². The van der Waals surface area contributed by atoms with Crippen molar-refractivity contribution >= 4 is 21.0 Å². The van der Waals surface area contributed by atoms with E-state index in [0.29, 0.717) is 23.9 Å². The summed E-state index contributed by atoms with van der Waals surface area (Å²) in [6.07, 6.45) is 1.16. The molecule has 7 nitrogen and oxygen atoms in total. The molecule has 0 spiro atoms. The van der Waals surface area contributed by atoms with Gasteiger partial charge in [-0.15, -0.1) is 0 Å². The highest BCUT2D eigenvalue weighted by Crippen LogP contribution is 2.20. The van der Waals surface area contributed by atoms with E-state index in [4.69, 9.17) is 4.55 Å². The maximum atomic E-state index is 11.7. The van der Waals surface area contributed by atoms with Gasteiger partial charge in [0.15, 0.2) is 0 Å². The molecule has 0 radical (unpaired) electrons. The number of fused-ring (bicyclic) bond motifs is 1. The Kier molecular flexibility index (Phi) is 3.29. The molecule has 1 aromatic heterocycles. The van der Waals surface area contributed by atoms with Gasteiger partial charge in [-0.1, -0.05) is 13.3 Å². The molecule has 1 heterocycles. The van der Waals surface area contributed by atoms with Crippen LogP contribution < -0.4 is 11.2 Å². The van der Waals surface area contributed by atoms with Crippen molar-refractivity contribution in [2.75, 3.05) is 0 Å². The molecule has 0 aliphatic heterocycles. The lowest BCUT2D eigenvalue weighted by Crippen LogP contribution is -2.23. The SMILES string of the molecule is CCCc1cc(S(=O)(=O)O)cc2c(=O)[nH]c(=O)[nH]c12. The lowest BCUT2D eigenvalue weighted by molar-refractivity contribution is 0.483. The summed E-state index contributed by atoms with van der Waals surface area (Å²) >= 11 is 0. The van der Waals surface area contributed by atoms with Crippen molar-refractivity contribution in [1.82, 2.24) is 9.97 Å². The van der Waals surface area contributed by atoms with Crippen molar-refractivity contribution < 1.29 is 13.0 Å². The molecule has 0 aliphatic rings. The van der Waals surface area contributed by atoms with Gasteiger partial charge in [0.25, 0.3) is 15.7 Å². The minimum atomic E-state index is -4.41. The molecule has 0 bridgehead atoms. The Morgan fingerprint density at radius 2 is 1.89 bits per heavy atom. The molecule has 8 heteroatoms. The maximum Gasteiger partial charge on any atom is 0.326 e. The monoisotopic (exact) mass is 284 g/mol. The minimum absolute atomic E-state index is 0.0261. The van der Waals surface area contributed by atoms with Crippen LogP contribution in [-0.4, -0.2) is 22.9 Å². The van der Waals surface area contributed by atoms with Crippen molar-refractivity contribution in [3.05, 3.63) is 38.5 Å². The first-order valence-electron chi connectivity index (χ1n) is 5.59. The highest BCUT2D eigenvalue weighted by atomic mass is 32.2. The molecule has 0 amide bonds. The number of benzene rings is 1. The molecule has 0 fully saturated rings. The van der Waals surface area contributed by atoms with E-state index in [1.165, 1.54) is 6.07 Å². The molecular formula is C11H12N2O5S. The highest BCUT2D eigenvalue weighted by Gasteiger charge is 2.15. The van der Waals surface area contributed by atoms with E-state index in [2.05, 4.69) is 4.98 Å². The van der Waals surface area contributed by atoms with Crippen LogP contribution >= 0.6 is 0 Å². The van der Waals surface area contributed by atoms with Crippen molar-refractivity contribution in [2.24, 2.45) is 0 Å². The predicted octanol–water partition coefficient (Wildman–Crippen LogP) is 0.416. The van der Waals surface area contributed by atoms with E-state index < -0.39 is 21.4 Å². The normalized spacial score (nSPS) is 11.9. The smallest absolute Gasteiger partial charge is 0.307 e. The molecule has 3 N–H and O–H groups in total. The minimum Gasteiger partial charge on any atom is -0.307 e. The number of aryl methyl sites for hydroxylation is 1. The average molecular weight is 284 g/mol. The van der Waals surface area contributed by atoms with Crippen LogP contribution in [0.4, 0.5) is 0 Å². The van der Waals surface area contributed by atoms with Crippen LogP contribution in [0.5, 0.6) is 0 Å². The topological polar surface area (TPSA) is 120 Å². The summed E-state index contributed by atoms with van der Waals surface area (Å²) in [6.45, 7) is 1.87. The molecule has 0 unspecified atom stereocenters. The maximum absolute atomic E-state index is 11.7. The van der Waals surface area contributed by atoms with Crippen molar-refractivity contribution in [2.45, 2.75) is 24.7 Å². The summed E-state index contributed by atoms with van der Waals surface area (Å²) in [5.41, 5.74) is -0.560. The quantitative estimate of drug-likeness (QED) is 0.705. The highest BCUT2D eigenvalue weighted by molar-refractivity contribution is 7.85. The zero-order valence-corrected chi connectivity index (χ0v) is 10.9.